The summed E-state index contributed by atoms with van der Waals surface area (Å²) < 4.78 is 25.3. The van der Waals surface area contributed by atoms with Crippen LogP contribution in [0.25, 0.3) is 0 Å². The molecule has 0 amide bonds. The molecular formula is C12H15ClFNOS. The molecule has 2 nitrogen and oxygen atoms in total. The van der Waals surface area contributed by atoms with Gasteiger partial charge in [0.1, 0.15) is 5.82 Å². The van der Waals surface area contributed by atoms with Gasteiger partial charge in [0.2, 0.25) is 0 Å². The molecule has 2 N–H and O–H groups in total. The second-order valence-electron chi connectivity index (χ2n) is 4.36. The average molecular weight is 276 g/mol. The van der Waals surface area contributed by atoms with Crippen molar-refractivity contribution >= 4 is 22.4 Å². The van der Waals surface area contributed by atoms with Crippen LogP contribution in [-0.2, 0) is 10.8 Å². The van der Waals surface area contributed by atoms with Crippen LogP contribution in [0.4, 0.5) is 4.39 Å². The lowest BCUT2D eigenvalue weighted by molar-refractivity contribution is 0.445. The Hall–Kier alpha value is -0.450. The van der Waals surface area contributed by atoms with E-state index in [1.165, 1.54) is 18.2 Å². The van der Waals surface area contributed by atoms with Crippen LogP contribution in [0.2, 0.25) is 5.02 Å². The monoisotopic (exact) mass is 275 g/mol. The van der Waals surface area contributed by atoms with E-state index in [0.717, 1.165) is 25.7 Å². The van der Waals surface area contributed by atoms with Gasteiger partial charge >= 0.3 is 0 Å². The molecule has 0 bridgehead atoms. The van der Waals surface area contributed by atoms with Crippen LogP contribution >= 0.6 is 11.6 Å². The highest BCUT2D eigenvalue weighted by molar-refractivity contribution is 7.85. The third-order valence-electron chi connectivity index (χ3n) is 3.15. The van der Waals surface area contributed by atoms with E-state index >= 15 is 0 Å². The summed E-state index contributed by atoms with van der Waals surface area (Å²) in [6.45, 7) is 0. The molecule has 1 aromatic carbocycles. The molecule has 1 aromatic rings. The van der Waals surface area contributed by atoms with Gasteiger partial charge in [-0.2, -0.15) is 0 Å². The second-order valence-corrected chi connectivity index (χ2v) is 6.44. The van der Waals surface area contributed by atoms with Gasteiger partial charge < -0.3 is 5.73 Å². The first-order valence-corrected chi connectivity index (χ1v) is 7.30. The summed E-state index contributed by atoms with van der Waals surface area (Å²) >= 11 is 5.69. The minimum absolute atomic E-state index is 0.0141. The van der Waals surface area contributed by atoms with Crippen LogP contribution in [-0.4, -0.2) is 15.5 Å². The first-order chi connectivity index (χ1) is 8.09. The molecule has 3 unspecified atom stereocenters. The van der Waals surface area contributed by atoms with Crippen molar-refractivity contribution in [2.75, 3.05) is 0 Å². The van der Waals surface area contributed by atoms with E-state index < -0.39 is 16.6 Å². The molecule has 17 heavy (non-hydrogen) atoms. The van der Waals surface area contributed by atoms with Crippen molar-refractivity contribution in [1.82, 2.24) is 0 Å². The molecule has 0 spiro atoms. The van der Waals surface area contributed by atoms with E-state index in [1.807, 2.05) is 0 Å². The average Bonchev–Trinajstić information content (AvgIpc) is 2.32. The van der Waals surface area contributed by atoms with Crippen LogP contribution in [0.3, 0.4) is 0 Å². The van der Waals surface area contributed by atoms with E-state index in [0.29, 0.717) is 4.90 Å². The maximum atomic E-state index is 13.0. The van der Waals surface area contributed by atoms with E-state index in [1.54, 1.807) is 0 Å². The highest BCUT2D eigenvalue weighted by Gasteiger charge is 2.28. The van der Waals surface area contributed by atoms with Crippen molar-refractivity contribution in [2.24, 2.45) is 5.73 Å². The maximum Gasteiger partial charge on any atom is 0.141 e. The molecule has 5 heteroatoms. The molecular weight excluding hydrogens is 261 g/mol. The van der Waals surface area contributed by atoms with Gasteiger partial charge in [-0.15, -0.1) is 0 Å². The maximum absolute atomic E-state index is 13.0. The lowest BCUT2D eigenvalue weighted by Gasteiger charge is -2.27. The molecule has 0 heterocycles. The topological polar surface area (TPSA) is 43.1 Å². The SMILES string of the molecule is NC1CCCCC1S(=O)c1ccc(F)c(Cl)c1. The Bertz CT molecular complexity index is 441. The van der Waals surface area contributed by atoms with Crippen LogP contribution in [0.5, 0.6) is 0 Å². The Kier molecular flexibility index (Phi) is 4.17. The fourth-order valence-electron chi connectivity index (χ4n) is 2.17. The molecule has 94 valence electrons. The van der Waals surface area contributed by atoms with Gasteiger partial charge in [0.25, 0.3) is 0 Å². The lowest BCUT2D eigenvalue weighted by Crippen LogP contribution is -2.40. The van der Waals surface area contributed by atoms with Gasteiger partial charge in [0.05, 0.1) is 21.1 Å². The summed E-state index contributed by atoms with van der Waals surface area (Å²) in [6, 6.07) is 4.19. The Morgan fingerprint density at radius 2 is 2.06 bits per heavy atom. The van der Waals surface area contributed by atoms with E-state index in [-0.39, 0.29) is 16.3 Å². The molecule has 2 rings (SSSR count). The summed E-state index contributed by atoms with van der Waals surface area (Å²) in [5.41, 5.74) is 5.99. The van der Waals surface area contributed by atoms with E-state index in [2.05, 4.69) is 0 Å². The summed E-state index contributed by atoms with van der Waals surface area (Å²) in [5, 5.41) is -0.0227. The highest BCUT2D eigenvalue weighted by Crippen LogP contribution is 2.27. The van der Waals surface area contributed by atoms with Crippen molar-refractivity contribution in [2.45, 2.75) is 41.9 Å². The smallest absolute Gasteiger partial charge is 0.141 e. The van der Waals surface area contributed by atoms with Crippen molar-refractivity contribution in [3.05, 3.63) is 29.0 Å². The van der Waals surface area contributed by atoms with Crippen molar-refractivity contribution in [3.63, 3.8) is 0 Å². The number of hydrogen-bond donors (Lipinski definition) is 1. The van der Waals surface area contributed by atoms with Gasteiger partial charge in [0, 0.05) is 10.9 Å². The number of nitrogens with two attached hydrogens (primary N) is 1. The molecule has 1 fully saturated rings. The van der Waals surface area contributed by atoms with Crippen LogP contribution in [0, 0.1) is 5.82 Å². The van der Waals surface area contributed by atoms with Crippen molar-refractivity contribution in [3.8, 4) is 0 Å². The standard InChI is InChI=1S/C12H15ClFNOS/c13-9-7-8(5-6-10(9)14)17(16)12-4-2-1-3-11(12)15/h5-7,11-12H,1-4,15H2. The fourth-order valence-corrected chi connectivity index (χ4v) is 4.03. The summed E-state index contributed by atoms with van der Waals surface area (Å²) in [6.07, 6.45) is 3.92. The first-order valence-electron chi connectivity index (χ1n) is 5.71. The Morgan fingerprint density at radius 1 is 1.35 bits per heavy atom. The molecule has 0 saturated heterocycles. The fraction of sp³-hybridized carbons (Fsp3) is 0.500. The lowest BCUT2D eigenvalue weighted by atomic mass is 9.96. The van der Waals surface area contributed by atoms with Gasteiger partial charge in [-0.3, -0.25) is 4.21 Å². The minimum atomic E-state index is -1.19. The third-order valence-corrected chi connectivity index (χ3v) is 5.30. The van der Waals surface area contributed by atoms with Crippen molar-refractivity contribution < 1.29 is 8.60 Å². The molecule has 0 radical (unpaired) electrons. The zero-order valence-electron chi connectivity index (χ0n) is 9.36. The van der Waals surface area contributed by atoms with Crippen LogP contribution in [0.1, 0.15) is 25.7 Å². The Morgan fingerprint density at radius 3 is 2.71 bits per heavy atom. The van der Waals surface area contributed by atoms with Crippen LogP contribution < -0.4 is 5.73 Å². The van der Waals surface area contributed by atoms with Gasteiger partial charge in [-0.1, -0.05) is 24.4 Å². The zero-order valence-corrected chi connectivity index (χ0v) is 10.9. The minimum Gasteiger partial charge on any atom is -0.327 e. The first kappa shape index (κ1) is 13.0. The third kappa shape index (κ3) is 2.87. The van der Waals surface area contributed by atoms with Gasteiger partial charge in [-0.25, -0.2) is 4.39 Å². The van der Waals surface area contributed by atoms with E-state index in [9.17, 15) is 8.60 Å². The molecule has 0 aliphatic heterocycles. The van der Waals surface area contributed by atoms with Crippen LogP contribution in [0.15, 0.2) is 23.1 Å². The number of rotatable bonds is 2. The number of hydrogen-bond acceptors (Lipinski definition) is 2. The number of halogens is 2. The van der Waals surface area contributed by atoms with Gasteiger partial charge in [0.15, 0.2) is 0 Å². The quantitative estimate of drug-likeness (QED) is 0.902. The Balaban J connectivity index is 2.21. The summed E-state index contributed by atoms with van der Waals surface area (Å²) in [4.78, 5) is 0.568. The largest absolute Gasteiger partial charge is 0.327 e. The summed E-state index contributed by atoms with van der Waals surface area (Å²) in [7, 11) is -1.19. The normalized spacial score (nSPS) is 26.8. The van der Waals surface area contributed by atoms with E-state index in [4.69, 9.17) is 17.3 Å². The molecule has 1 aliphatic carbocycles. The second kappa shape index (κ2) is 5.46. The zero-order chi connectivity index (χ0) is 12.4. The molecule has 1 aliphatic rings. The molecule has 3 atom stereocenters. The predicted octanol–water partition coefficient (Wildman–Crippen LogP) is 2.86. The highest BCUT2D eigenvalue weighted by atomic mass is 35.5. The van der Waals surface area contributed by atoms with Crippen molar-refractivity contribution in [1.29, 1.82) is 0 Å². The summed E-state index contributed by atoms with van der Waals surface area (Å²) in [5.74, 6) is -0.486. The predicted molar refractivity (Wildman–Crippen MR) is 68.0 cm³/mol. The molecule has 0 aromatic heterocycles. The molecule has 1 saturated carbocycles. The Labute approximate surface area is 108 Å². The van der Waals surface area contributed by atoms with Gasteiger partial charge in [-0.05, 0) is 31.0 Å². The number of benzene rings is 1.